The standard InChI is InChI=1S/C8H5F3N4/c9-8(10,11)15-7(12-13-14-15)6-4-2-1-3-5-6/h1-5H. The lowest BCUT2D eigenvalue weighted by Gasteiger charge is -2.06. The highest BCUT2D eigenvalue weighted by Crippen LogP contribution is 2.26. The van der Waals surface area contributed by atoms with Gasteiger partial charge >= 0.3 is 6.30 Å². The van der Waals surface area contributed by atoms with Crippen molar-refractivity contribution in [2.75, 3.05) is 0 Å². The van der Waals surface area contributed by atoms with E-state index in [1.165, 1.54) is 12.1 Å². The van der Waals surface area contributed by atoms with Crippen LogP contribution in [0.15, 0.2) is 30.3 Å². The minimum absolute atomic E-state index is 0.164. The Labute approximate surface area is 82.3 Å². The first kappa shape index (κ1) is 9.63. The molecule has 7 heteroatoms. The molecule has 0 saturated heterocycles. The Bertz CT molecular complexity index is 448. The third-order valence-corrected chi connectivity index (χ3v) is 1.74. The predicted molar refractivity (Wildman–Crippen MR) is 44.6 cm³/mol. The normalized spacial score (nSPS) is 11.7. The average Bonchev–Trinajstić information content (AvgIpc) is 2.67. The summed E-state index contributed by atoms with van der Waals surface area (Å²) in [5.74, 6) is -0.317. The molecule has 4 nitrogen and oxygen atoms in total. The zero-order chi connectivity index (χ0) is 10.9. The molecule has 2 rings (SSSR count). The van der Waals surface area contributed by atoms with Gasteiger partial charge in [0.05, 0.1) is 0 Å². The number of hydrogen-bond donors (Lipinski definition) is 0. The highest BCUT2D eigenvalue weighted by molar-refractivity contribution is 5.53. The van der Waals surface area contributed by atoms with Gasteiger partial charge in [0.1, 0.15) is 0 Å². The molecule has 0 aliphatic heterocycles. The van der Waals surface area contributed by atoms with Gasteiger partial charge in [-0.3, -0.25) is 0 Å². The maximum absolute atomic E-state index is 12.4. The molecular formula is C8H5F3N4. The second-order valence-electron chi connectivity index (χ2n) is 2.75. The third-order valence-electron chi connectivity index (χ3n) is 1.74. The van der Waals surface area contributed by atoms with E-state index in [4.69, 9.17) is 0 Å². The van der Waals surface area contributed by atoms with E-state index in [-0.39, 0.29) is 10.5 Å². The number of nitrogens with zero attached hydrogens (tertiary/aromatic N) is 4. The fourth-order valence-corrected chi connectivity index (χ4v) is 1.13. The summed E-state index contributed by atoms with van der Waals surface area (Å²) in [6.07, 6.45) is -4.60. The number of rotatable bonds is 1. The van der Waals surface area contributed by atoms with Gasteiger partial charge in [0.15, 0.2) is 5.82 Å². The zero-order valence-corrected chi connectivity index (χ0v) is 7.31. The molecule has 1 aromatic heterocycles. The van der Waals surface area contributed by atoms with Gasteiger partial charge in [0.25, 0.3) is 0 Å². The monoisotopic (exact) mass is 214 g/mol. The molecule has 0 amide bonds. The fraction of sp³-hybridized carbons (Fsp3) is 0.125. The van der Waals surface area contributed by atoms with Crippen LogP contribution >= 0.6 is 0 Å². The quantitative estimate of drug-likeness (QED) is 0.727. The van der Waals surface area contributed by atoms with Crippen molar-refractivity contribution in [3.63, 3.8) is 0 Å². The van der Waals surface area contributed by atoms with Crippen LogP contribution in [0.25, 0.3) is 11.4 Å². The summed E-state index contributed by atoms with van der Waals surface area (Å²) in [6, 6.07) is 7.95. The van der Waals surface area contributed by atoms with Crippen molar-refractivity contribution in [3.05, 3.63) is 30.3 Å². The SMILES string of the molecule is FC(F)(F)n1nnnc1-c1ccccc1. The van der Waals surface area contributed by atoms with Crippen molar-refractivity contribution in [1.82, 2.24) is 20.2 Å². The molecule has 0 N–H and O–H groups in total. The van der Waals surface area contributed by atoms with Crippen LogP contribution in [-0.4, -0.2) is 20.2 Å². The summed E-state index contributed by atoms with van der Waals surface area (Å²) in [4.78, 5) is 0. The van der Waals surface area contributed by atoms with Crippen molar-refractivity contribution in [1.29, 1.82) is 0 Å². The van der Waals surface area contributed by atoms with Crippen LogP contribution in [0.1, 0.15) is 0 Å². The van der Waals surface area contributed by atoms with E-state index in [1.54, 1.807) is 18.2 Å². The summed E-state index contributed by atoms with van der Waals surface area (Å²) >= 11 is 0. The first-order valence-electron chi connectivity index (χ1n) is 4.00. The van der Waals surface area contributed by atoms with Crippen LogP contribution < -0.4 is 0 Å². The minimum Gasteiger partial charge on any atom is -0.149 e. The van der Waals surface area contributed by atoms with Gasteiger partial charge in [-0.1, -0.05) is 30.3 Å². The minimum atomic E-state index is -4.60. The third kappa shape index (κ3) is 1.80. The lowest BCUT2D eigenvalue weighted by molar-refractivity contribution is -0.211. The Kier molecular flexibility index (Phi) is 2.14. The topological polar surface area (TPSA) is 43.6 Å². The van der Waals surface area contributed by atoms with Gasteiger partial charge in [0.2, 0.25) is 0 Å². The molecule has 0 atom stereocenters. The Morgan fingerprint density at radius 3 is 2.33 bits per heavy atom. The number of tetrazole rings is 1. The molecule has 0 spiro atoms. The molecule has 0 saturated carbocycles. The Morgan fingerprint density at radius 2 is 1.73 bits per heavy atom. The largest absolute Gasteiger partial charge is 0.507 e. The lowest BCUT2D eigenvalue weighted by Crippen LogP contribution is -2.19. The summed E-state index contributed by atoms with van der Waals surface area (Å²) in [5, 5.41) is 9.24. The molecule has 0 aliphatic rings. The first-order chi connectivity index (χ1) is 7.09. The Hall–Kier alpha value is -1.92. The van der Waals surface area contributed by atoms with E-state index in [1.807, 2.05) is 0 Å². The van der Waals surface area contributed by atoms with Gasteiger partial charge in [-0.05, 0) is 10.4 Å². The maximum Gasteiger partial charge on any atom is 0.507 e. The van der Waals surface area contributed by atoms with Gasteiger partial charge in [0, 0.05) is 5.56 Å². The summed E-state index contributed by atoms with van der Waals surface area (Å²) in [6.45, 7) is 0. The molecule has 0 fully saturated rings. The summed E-state index contributed by atoms with van der Waals surface area (Å²) < 4.78 is 37.0. The van der Waals surface area contributed by atoms with E-state index in [9.17, 15) is 13.2 Å². The van der Waals surface area contributed by atoms with Crippen LogP contribution in [0.3, 0.4) is 0 Å². The maximum atomic E-state index is 12.4. The van der Waals surface area contributed by atoms with Crippen molar-refractivity contribution in [2.45, 2.75) is 6.30 Å². The number of alkyl halides is 3. The highest BCUT2D eigenvalue weighted by atomic mass is 19.4. The van der Waals surface area contributed by atoms with Crippen LogP contribution in [0.4, 0.5) is 13.2 Å². The van der Waals surface area contributed by atoms with Gasteiger partial charge < -0.3 is 0 Å². The molecule has 0 bridgehead atoms. The molecular weight excluding hydrogens is 209 g/mol. The van der Waals surface area contributed by atoms with Crippen molar-refractivity contribution in [3.8, 4) is 11.4 Å². The van der Waals surface area contributed by atoms with E-state index < -0.39 is 6.30 Å². The van der Waals surface area contributed by atoms with Crippen LogP contribution in [0.2, 0.25) is 0 Å². The molecule has 1 aromatic carbocycles. The molecule has 2 aromatic rings. The van der Waals surface area contributed by atoms with E-state index in [2.05, 4.69) is 15.5 Å². The van der Waals surface area contributed by atoms with E-state index in [0.717, 1.165) is 0 Å². The van der Waals surface area contributed by atoms with Gasteiger partial charge in [-0.2, -0.15) is 0 Å². The Morgan fingerprint density at radius 1 is 1.07 bits per heavy atom. The lowest BCUT2D eigenvalue weighted by atomic mass is 10.2. The molecule has 0 aliphatic carbocycles. The number of hydrogen-bond acceptors (Lipinski definition) is 3. The van der Waals surface area contributed by atoms with E-state index >= 15 is 0 Å². The zero-order valence-electron chi connectivity index (χ0n) is 7.31. The van der Waals surface area contributed by atoms with Crippen LogP contribution in [0.5, 0.6) is 0 Å². The fourth-order valence-electron chi connectivity index (χ4n) is 1.13. The second kappa shape index (κ2) is 3.34. The second-order valence-corrected chi connectivity index (χ2v) is 2.75. The molecule has 0 radical (unpaired) electrons. The van der Waals surface area contributed by atoms with Crippen molar-refractivity contribution < 1.29 is 13.2 Å². The van der Waals surface area contributed by atoms with Crippen LogP contribution in [0, 0.1) is 0 Å². The number of halogens is 3. The average molecular weight is 214 g/mol. The van der Waals surface area contributed by atoms with Gasteiger partial charge in [-0.15, -0.1) is 23.0 Å². The summed E-state index contributed by atoms with van der Waals surface area (Å²) in [5.41, 5.74) is 0.319. The highest BCUT2D eigenvalue weighted by Gasteiger charge is 2.35. The smallest absolute Gasteiger partial charge is 0.149 e. The van der Waals surface area contributed by atoms with Crippen LogP contribution in [-0.2, 0) is 6.30 Å². The molecule has 15 heavy (non-hydrogen) atoms. The number of benzene rings is 1. The van der Waals surface area contributed by atoms with Crippen molar-refractivity contribution >= 4 is 0 Å². The Balaban J connectivity index is 2.51. The first-order valence-corrected chi connectivity index (χ1v) is 4.00. The van der Waals surface area contributed by atoms with Gasteiger partial charge in [-0.25, -0.2) is 0 Å². The molecule has 78 valence electrons. The molecule has 0 unspecified atom stereocenters. The predicted octanol–water partition coefficient (Wildman–Crippen LogP) is 1.82. The van der Waals surface area contributed by atoms with E-state index in [0.29, 0.717) is 5.56 Å². The molecule has 1 heterocycles. The van der Waals surface area contributed by atoms with Crippen molar-refractivity contribution in [2.24, 2.45) is 0 Å². The number of aromatic nitrogens is 4. The summed E-state index contributed by atoms with van der Waals surface area (Å²) in [7, 11) is 0.